The van der Waals surface area contributed by atoms with Crippen LogP contribution in [-0.2, 0) is 4.74 Å². The highest BCUT2D eigenvalue weighted by Crippen LogP contribution is 2.10. The molecule has 0 aromatic carbocycles. The van der Waals surface area contributed by atoms with E-state index in [1.807, 2.05) is 0 Å². The number of ether oxygens (including phenoxy) is 1. The minimum atomic E-state index is 0.684. The second-order valence-corrected chi connectivity index (χ2v) is 3.71. The zero-order valence-corrected chi connectivity index (χ0v) is 8.89. The van der Waals surface area contributed by atoms with Gasteiger partial charge in [-0.3, -0.25) is 0 Å². The molecule has 0 saturated heterocycles. The molecule has 0 fully saturated rings. The van der Waals surface area contributed by atoms with E-state index in [9.17, 15) is 0 Å². The zero-order valence-electron chi connectivity index (χ0n) is 8.89. The van der Waals surface area contributed by atoms with Crippen LogP contribution in [0.3, 0.4) is 0 Å². The van der Waals surface area contributed by atoms with E-state index in [2.05, 4.69) is 26.1 Å². The molecule has 2 heteroatoms. The lowest BCUT2D eigenvalue weighted by Crippen LogP contribution is -2.22. The highest BCUT2D eigenvalue weighted by Gasteiger charge is 2.07. The van der Waals surface area contributed by atoms with Gasteiger partial charge >= 0.3 is 0 Å². The smallest absolute Gasteiger partial charge is 0.0487 e. The first-order valence-electron chi connectivity index (χ1n) is 4.90. The van der Waals surface area contributed by atoms with Gasteiger partial charge in [0.05, 0.1) is 0 Å². The van der Waals surface area contributed by atoms with Gasteiger partial charge in [-0.1, -0.05) is 20.8 Å². The van der Waals surface area contributed by atoms with Crippen LogP contribution in [0.2, 0.25) is 0 Å². The third-order valence-corrected chi connectivity index (χ3v) is 2.00. The van der Waals surface area contributed by atoms with E-state index < -0.39 is 0 Å². The lowest BCUT2D eigenvalue weighted by Gasteiger charge is -2.16. The molecule has 2 unspecified atom stereocenters. The Balaban J connectivity index is 3.33. The molecule has 0 aliphatic carbocycles. The summed E-state index contributed by atoms with van der Waals surface area (Å²) in [4.78, 5) is 0. The van der Waals surface area contributed by atoms with Crippen molar-refractivity contribution in [2.45, 2.75) is 27.2 Å². The van der Waals surface area contributed by atoms with Crippen molar-refractivity contribution in [1.29, 1.82) is 0 Å². The Bertz CT molecular complexity index is 95.8. The van der Waals surface area contributed by atoms with Crippen molar-refractivity contribution in [3.63, 3.8) is 0 Å². The zero-order chi connectivity index (χ0) is 9.40. The Morgan fingerprint density at radius 3 is 2.42 bits per heavy atom. The number of rotatable bonds is 7. The van der Waals surface area contributed by atoms with Crippen molar-refractivity contribution in [3.05, 3.63) is 0 Å². The SMILES string of the molecule is CCNCC(C)CC(C)COC. The minimum absolute atomic E-state index is 0.684. The molecule has 0 spiro atoms. The molecule has 12 heavy (non-hydrogen) atoms. The van der Waals surface area contributed by atoms with Crippen LogP contribution in [0.5, 0.6) is 0 Å². The van der Waals surface area contributed by atoms with Gasteiger partial charge in [0.2, 0.25) is 0 Å². The molecule has 0 bridgehead atoms. The van der Waals surface area contributed by atoms with Crippen molar-refractivity contribution in [3.8, 4) is 0 Å². The summed E-state index contributed by atoms with van der Waals surface area (Å²) in [5.41, 5.74) is 0. The molecule has 74 valence electrons. The van der Waals surface area contributed by atoms with Gasteiger partial charge in [0, 0.05) is 13.7 Å². The minimum Gasteiger partial charge on any atom is -0.384 e. The fourth-order valence-corrected chi connectivity index (χ4v) is 1.51. The van der Waals surface area contributed by atoms with E-state index in [0.717, 1.165) is 25.6 Å². The number of methoxy groups -OCH3 is 1. The predicted octanol–water partition coefficient (Wildman–Crippen LogP) is 1.90. The predicted molar refractivity (Wildman–Crippen MR) is 53.4 cm³/mol. The van der Waals surface area contributed by atoms with Gasteiger partial charge < -0.3 is 10.1 Å². The van der Waals surface area contributed by atoms with Crippen LogP contribution in [0.25, 0.3) is 0 Å². The first-order chi connectivity index (χ1) is 5.70. The lowest BCUT2D eigenvalue weighted by molar-refractivity contribution is 0.147. The topological polar surface area (TPSA) is 21.3 Å². The monoisotopic (exact) mass is 173 g/mol. The molecule has 0 saturated carbocycles. The summed E-state index contributed by atoms with van der Waals surface area (Å²) in [6, 6.07) is 0. The molecule has 2 atom stereocenters. The maximum Gasteiger partial charge on any atom is 0.0487 e. The standard InChI is InChI=1S/C10H23NO/c1-5-11-7-9(2)6-10(3)8-12-4/h9-11H,5-8H2,1-4H3. The number of nitrogens with one attached hydrogen (secondary N) is 1. The third kappa shape index (κ3) is 6.62. The van der Waals surface area contributed by atoms with Crippen molar-refractivity contribution in [2.75, 3.05) is 26.8 Å². The first-order valence-corrected chi connectivity index (χ1v) is 4.90. The molecule has 0 aromatic heterocycles. The second kappa shape index (κ2) is 7.56. The van der Waals surface area contributed by atoms with E-state index in [-0.39, 0.29) is 0 Å². The van der Waals surface area contributed by atoms with Gasteiger partial charge in [0.15, 0.2) is 0 Å². The Morgan fingerprint density at radius 2 is 1.92 bits per heavy atom. The van der Waals surface area contributed by atoms with Crippen molar-refractivity contribution in [2.24, 2.45) is 11.8 Å². The quantitative estimate of drug-likeness (QED) is 0.635. The van der Waals surface area contributed by atoms with Gasteiger partial charge in [-0.15, -0.1) is 0 Å². The molecular weight excluding hydrogens is 150 g/mol. The van der Waals surface area contributed by atoms with E-state index >= 15 is 0 Å². The highest BCUT2D eigenvalue weighted by atomic mass is 16.5. The summed E-state index contributed by atoms with van der Waals surface area (Å²) < 4.78 is 5.09. The number of hydrogen-bond acceptors (Lipinski definition) is 2. The first kappa shape index (κ1) is 11.9. The van der Waals surface area contributed by atoms with E-state index in [0.29, 0.717) is 5.92 Å². The van der Waals surface area contributed by atoms with Crippen molar-refractivity contribution < 1.29 is 4.74 Å². The summed E-state index contributed by atoms with van der Waals surface area (Å²) in [7, 11) is 1.77. The molecule has 0 heterocycles. The fourth-order valence-electron chi connectivity index (χ4n) is 1.51. The van der Waals surface area contributed by atoms with E-state index in [4.69, 9.17) is 4.74 Å². The summed E-state index contributed by atoms with van der Waals surface area (Å²) in [5.74, 6) is 1.44. The average Bonchev–Trinajstić information content (AvgIpc) is 2.01. The summed E-state index contributed by atoms with van der Waals surface area (Å²) in [5, 5.41) is 3.35. The highest BCUT2D eigenvalue weighted by molar-refractivity contribution is 4.60. The molecular formula is C10H23NO. The van der Waals surface area contributed by atoms with Crippen molar-refractivity contribution in [1.82, 2.24) is 5.32 Å². The Morgan fingerprint density at radius 1 is 1.25 bits per heavy atom. The van der Waals surface area contributed by atoms with E-state index in [1.165, 1.54) is 6.42 Å². The van der Waals surface area contributed by atoms with Crippen molar-refractivity contribution >= 4 is 0 Å². The molecule has 1 N–H and O–H groups in total. The lowest BCUT2D eigenvalue weighted by atomic mass is 9.98. The summed E-state index contributed by atoms with van der Waals surface area (Å²) in [6.07, 6.45) is 1.25. The molecule has 0 aliphatic heterocycles. The molecule has 0 aliphatic rings. The number of hydrogen-bond donors (Lipinski definition) is 1. The molecule has 0 amide bonds. The summed E-state index contributed by atoms with van der Waals surface area (Å²) in [6.45, 7) is 9.76. The molecule has 0 rings (SSSR count). The van der Waals surface area contributed by atoms with Gasteiger partial charge in [0.1, 0.15) is 0 Å². The Kier molecular flexibility index (Phi) is 7.51. The largest absolute Gasteiger partial charge is 0.384 e. The van der Waals surface area contributed by atoms with Crippen LogP contribution in [0.4, 0.5) is 0 Å². The molecule has 0 radical (unpaired) electrons. The van der Waals surface area contributed by atoms with Crippen LogP contribution < -0.4 is 5.32 Å². The second-order valence-electron chi connectivity index (χ2n) is 3.71. The Hall–Kier alpha value is -0.0800. The maximum absolute atomic E-state index is 5.09. The van der Waals surface area contributed by atoms with Gasteiger partial charge in [-0.25, -0.2) is 0 Å². The van der Waals surface area contributed by atoms with Gasteiger partial charge in [-0.2, -0.15) is 0 Å². The summed E-state index contributed by atoms with van der Waals surface area (Å²) >= 11 is 0. The van der Waals surface area contributed by atoms with E-state index in [1.54, 1.807) is 7.11 Å². The molecule has 2 nitrogen and oxygen atoms in total. The third-order valence-electron chi connectivity index (χ3n) is 2.00. The fraction of sp³-hybridized carbons (Fsp3) is 1.00. The van der Waals surface area contributed by atoms with Crippen LogP contribution in [0, 0.1) is 11.8 Å². The van der Waals surface area contributed by atoms with Crippen LogP contribution in [0.1, 0.15) is 27.2 Å². The normalized spacial score (nSPS) is 16.0. The van der Waals surface area contributed by atoms with Crippen LogP contribution >= 0.6 is 0 Å². The maximum atomic E-state index is 5.09. The van der Waals surface area contributed by atoms with Gasteiger partial charge in [0.25, 0.3) is 0 Å². The van der Waals surface area contributed by atoms with Gasteiger partial charge in [-0.05, 0) is 31.3 Å². The van der Waals surface area contributed by atoms with Crippen LogP contribution in [-0.4, -0.2) is 26.8 Å². The van der Waals surface area contributed by atoms with Crippen LogP contribution in [0.15, 0.2) is 0 Å². The Labute approximate surface area is 76.7 Å². The molecule has 0 aromatic rings. The average molecular weight is 173 g/mol.